The SMILES string of the molecule is COc1ccc([Si](C)(C)[C@@H]2[C@@H](CCO)O[C@]3(C(=O)N(Cc4ccc(N5C(=O)CC5OC(C)=O)cc4)c4ccc(Cl)cc43)[C@H]2C)cc1. The van der Waals surface area contributed by atoms with Crippen LogP contribution >= 0.6 is 11.6 Å². The Bertz CT molecular complexity index is 1660. The molecule has 0 radical (unpaired) electrons. The monoisotopic (exact) mass is 662 g/mol. The van der Waals surface area contributed by atoms with E-state index in [9.17, 15) is 19.5 Å². The Morgan fingerprint density at radius 3 is 2.39 bits per heavy atom. The van der Waals surface area contributed by atoms with Crippen molar-refractivity contribution in [1.82, 2.24) is 0 Å². The number of aliphatic hydroxyl groups excluding tert-OH is 1. The van der Waals surface area contributed by atoms with Crippen molar-refractivity contribution in [3.63, 3.8) is 0 Å². The van der Waals surface area contributed by atoms with Crippen LogP contribution in [0, 0.1) is 5.92 Å². The number of nitrogens with zero attached hydrogens (tertiary/aromatic N) is 2. The first-order valence-electron chi connectivity index (χ1n) is 15.6. The van der Waals surface area contributed by atoms with E-state index in [0.717, 1.165) is 22.6 Å². The summed E-state index contributed by atoms with van der Waals surface area (Å²) in [5.74, 6) is -0.144. The predicted molar refractivity (Wildman–Crippen MR) is 178 cm³/mol. The Hall–Kier alpha value is -3.70. The van der Waals surface area contributed by atoms with Crippen LogP contribution in [-0.2, 0) is 36.0 Å². The number of hydrogen-bond acceptors (Lipinski definition) is 7. The zero-order valence-corrected chi connectivity index (χ0v) is 28.4. The van der Waals surface area contributed by atoms with Crippen LogP contribution in [0.15, 0.2) is 66.7 Å². The Labute approximate surface area is 275 Å². The molecule has 46 heavy (non-hydrogen) atoms. The number of esters is 1. The van der Waals surface area contributed by atoms with Gasteiger partial charge in [-0.3, -0.25) is 19.3 Å². The molecule has 1 unspecified atom stereocenters. The van der Waals surface area contributed by atoms with Gasteiger partial charge in [-0.2, -0.15) is 0 Å². The molecule has 1 N–H and O–H groups in total. The van der Waals surface area contributed by atoms with Crippen LogP contribution in [0.5, 0.6) is 5.75 Å². The molecule has 0 aliphatic carbocycles. The first kappa shape index (κ1) is 32.2. The van der Waals surface area contributed by atoms with E-state index in [-0.39, 0.29) is 48.9 Å². The van der Waals surface area contributed by atoms with Gasteiger partial charge < -0.3 is 24.2 Å². The largest absolute Gasteiger partial charge is 0.497 e. The van der Waals surface area contributed by atoms with E-state index >= 15 is 0 Å². The number of aliphatic hydroxyl groups is 1. The fourth-order valence-corrected chi connectivity index (χ4v) is 12.0. The molecule has 0 aromatic heterocycles. The molecule has 11 heteroatoms. The predicted octanol–water partition coefficient (Wildman–Crippen LogP) is 5.12. The van der Waals surface area contributed by atoms with Crippen molar-refractivity contribution in [2.24, 2.45) is 5.92 Å². The molecule has 3 aliphatic heterocycles. The summed E-state index contributed by atoms with van der Waals surface area (Å²) in [7, 11) is -0.648. The van der Waals surface area contributed by atoms with Crippen LogP contribution in [0.2, 0.25) is 23.7 Å². The van der Waals surface area contributed by atoms with Crippen molar-refractivity contribution in [3.05, 3.63) is 82.9 Å². The molecule has 2 saturated heterocycles. The van der Waals surface area contributed by atoms with Crippen LogP contribution in [0.3, 0.4) is 0 Å². The fraction of sp³-hybridized carbons (Fsp3) is 0.400. The minimum absolute atomic E-state index is 0.0160. The summed E-state index contributed by atoms with van der Waals surface area (Å²) in [6, 6.07) is 21.0. The highest BCUT2D eigenvalue weighted by Gasteiger charge is 2.66. The average molecular weight is 663 g/mol. The summed E-state index contributed by atoms with van der Waals surface area (Å²) >= 11 is 6.57. The van der Waals surface area contributed by atoms with Gasteiger partial charge in [0.15, 0.2) is 11.8 Å². The molecular weight excluding hydrogens is 624 g/mol. The molecule has 5 atom stereocenters. The summed E-state index contributed by atoms with van der Waals surface area (Å²) in [5.41, 5.74) is 1.72. The van der Waals surface area contributed by atoms with Gasteiger partial charge in [-0.05, 0) is 60.0 Å². The molecule has 3 aromatic rings. The molecule has 2 fully saturated rings. The van der Waals surface area contributed by atoms with E-state index in [1.165, 1.54) is 17.0 Å². The maximum absolute atomic E-state index is 14.8. The number of halogens is 1. The quantitative estimate of drug-likeness (QED) is 0.193. The van der Waals surface area contributed by atoms with Crippen molar-refractivity contribution < 1.29 is 33.7 Å². The van der Waals surface area contributed by atoms with Gasteiger partial charge in [0.25, 0.3) is 5.91 Å². The normalized spacial score (nSPS) is 25.5. The molecule has 0 saturated carbocycles. The third-order valence-corrected chi connectivity index (χ3v) is 14.6. The maximum Gasteiger partial charge on any atom is 0.304 e. The Balaban J connectivity index is 1.33. The summed E-state index contributed by atoms with van der Waals surface area (Å²) in [6.07, 6.45) is -0.381. The molecule has 3 aromatic carbocycles. The number of carbonyl (C=O) groups excluding carboxylic acids is 3. The second kappa shape index (κ2) is 12.1. The molecular formula is C35H39ClN2O7Si. The number of benzene rings is 3. The first-order valence-corrected chi connectivity index (χ1v) is 19.0. The molecule has 1 spiro atoms. The minimum atomic E-state index is -2.30. The number of amides is 2. The van der Waals surface area contributed by atoms with Crippen LogP contribution in [0.25, 0.3) is 0 Å². The van der Waals surface area contributed by atoms with Gasteiger partial charge in [-0.15, -0.1) is 0 Å². The van der Waals surface area contributed by atoms with Crippen LogP contribution in [0.4, 0.5) is 11.4 Å². The highest BCUT2D eigenvalue weighted by Crippen LogP contribution is 2.60. The molecule has 9 nitrogen and oxygen atoms in total. The summed E-state index contributed by atoms with van der Waals surface area (Å²) in [5, 5.41) is 11.9. The number of carbonyl (C=O) groups is 3. The number of anilines is 2. The van der Waals surface area contributed by atoms with Crippen molar-refractivity contribution in [2.75, 3.05) is 23.5 Å². The number of hydrogen-bond donors (Lipinski definition) is 1. The number of β-lactam (4-membered cyclic amide) rings is 1. The van der Waals surface area contributed by atoms with E-state index in [2.05, 4.69) is 32.2 Å². The number of ether oxygens (including phenoxy) is 3. The van der Waals surface area contributed by atoms with Gasteiger partial charge in [0.05, 0.1) is 39.9 Å². The third kappa shape index (κ3) is 5.21. The summed E-state index contributed by atoms with van der Waals surface area (Å²) in [4.78, 5) is 41.7. The van der Waals surface area contributed by atoms with Gasteiger partial charge in [-0.25, -0.2) is 0 Å². The standard InChI is InChI=1S/C35H39ClN2O7Si/c1-21-33(46(4,5)27-13-11-26(43-3)12-14-27)30(16-17-39)45-35(21)28-18-24(36)8-15-29(28)37(34(35)42)20-23-6-9-25(10-7-23)38-31(41)19-32(38)44-22(2)40/h6-15,18,21,30,32-33,39H,16-17,19-20H2,1-5H3/t21-,30+,32?,33-,35+/m0/s1. The zero-order valence-electron chi connectivity index (χ0n) is 26.7. The van der Waals surface area contributed by atoms with Crippen LogP contribution < -0.4 is 19.7 Å². The van der Waals surface area contributed by atoms with Crippen LogP contribution in [0.1, 0.15) is 37.8 Å². The second-order valence-electron chi connectivity index (χ2n) is 12.9. The van der Waals surface area contributed by atoms with Crippen LogP contribution in [-0.4, -0.2) is 57.0 Å². The summed E-state index contributed by atoms with van der Waals surface area (Å²) in [6.45, 7) is 8.25. The second-order valence-corrected chi connectivity index (χ2v) is 18.0. The van der Waals surface area contributed by atoms with Gasteiger partial charge in [0.2, 0.25) is 5.91 Å². The van der Waals surface area contributed by atoms with E-state index in [1.54, 1.807) is 30.2 Å². The molecule has 3 aliphatic rings. The smallest absolute Gasteiger partial charge is 0.304 e. The first-order chi connectivity index (χ1) is 21.9. The van der Waals surface area contributed by atoms with Crippen molar-refractivity contribution in [3.8, 4) is 5.75 Å². The average Bonchev–Trinajstić information content (AvgIpc) is 3.44. The highest BCUT2D eigenvalue weighted by molar-refractivity contribution is 6.91. The Morgan fingerprint density at radius 1 is 1.09 bits per heavy atom. The molecule has 6 rings (SSSR count). The Morgan fingerprint density at radius 2 is 1.78 bits per heavy atom. The van der Waals surface area contributed by atoms with Gasteiger partial charge in [-0.1, -0.05) is 61.1 Å². The zero-order chi connectivity index (χ0) is 33.0. The van der Waals surface area contributed by atoms with Crippen molar-refractivity contribution >= 4 is 54.0 Å². The molecule has 0 bridgehead atoms. The van der Waals surface area contributed by atoms with Crippen molar-refractivity contribution in [2.45, 2.75) is 69.8 Å². The lowest BCUT2D eigenvalue weighted by atomic mass is 9.82. The minimum Gasteiger partial charge on any atom is -0.497 e. The fourth-order valence-electron chi connectivity index (χ4n) is 7.77. The lowest BCUT2D eigenvalue weighted by Crippen LogP contribution is -2.54. The van der Waals surface area contributed by atoms with Gasteiger partial charge in [0, 0.05) is 35.7 Å². The van der Waals surface area contributed by atoms with Gasteiger partial charge >= 0.3 is 5.97 Å². The lowest BCUT2D eigenvalue weighted by molar-refractivity contribution is -0.154. The summed E-state index contributed by atoms with van der Waals surface area (Å²) < 4.78 is 17.6. The number of rotatable bonds is 9. The van der Waals surface area contributed by atoms with Gasteiger partial charge in [0.1, 0.15) is 5.75 Å². The topological polar surface area (TPSA) is 106 Å². The number of fused-ring (bicyclic) bond motifs is 2. The number of methoxy groups -OCH3 is 1. The molecule has 242 valence electrons. The maximum atomic E-state index is 14.8. The lowest BCUT2D eigenvalue weighted by Gasteiger charge is -2.39. The van der Waals surface area contributed by atoms with E-state index in [1.807, 2.05) is 36.4 Å². The van der Waals surface area contributed by atoms with E-state index in [0.29, 0.717) is 17.1 Å². The van der Waals surface area contributed by atoms with Crippen molar-refractivity contribution in [1.29, 1.82) is 0 Å². The van der Waals surface area contributed by atoms with E-state index < -0.39 is 25.9 Å². The molecule has 2 amide bonds. The third-order valence-electron chi connectivity index (χ3n) is 9.97. The molecule has 3 heterocycles. The highest BCUT2D eigenvalue weighted by atomic mass is 35.5. The van der Waals surface area contributed by atoms with E-state index in [4.69, 9.17) is 25.8 Å². The Kier molecular flexibility index (Phi) is 8.52.